The van der Waals surface area contributed by atoms with Crippen LogP contribution in [0.25, 0.3) is 0 Å². The Kier molecular flexibility index (Phi) is 3.90. The summed E-state index contributed by atoms with van der Waals surface area (Å²) >= 11 is 1.20. The highest BCUT2D eigenvalue weighted by Crippen LogP contribution is 2.20. The van der Waals surface area contributed by atoms with Crippen molar-refractivity contribution in [3.05, 3.63) is 5.01 Å². The summed E-state index contributed by atoms with van der Waals surface area (Å²) in [6, 6.07) is -0.154. The van der Waals surface area contributed by atoms with E-state index in [0.29, 0.717) is 10.1 Å². The van der Waals surface area contributed by atoms with Crippen molar-refractivity contribution in [2.45, 2.75) is 37.8 Å². The number of nitrogens with zero attached hydrogens (tertiary/aromatic N) is 2. The Balaban J connectivity index is 1.96. The average Bonchev–Trinajstić information content (AvgIpc) is 2.81. The lowest BCUT2D eigenvalue weighted by Gasteiger charge is -2.27. The molecule has 1 aromatic heterocycles. The largest absolute Gasteiger partial charge is 0.391 e. The Morgan fingerprint density at radius 3 is 2.82 bits per heavy atom. The van der Waals surface area contributed by atoms with Crippen LogP contribution in [-0.4, -0.2) is 40.4 Å². The van der Waals surface area contributed by atoms with Crippen LogP contribution >= 0.6 is 11.3 Å². The molecule has 1 amide bonds. The number of aliphatic hydroxyl groups excluding tert-OH is 1. The minimum absolute atomic E-state index is 0.154. The molecule has 1 saturated carbocycles. The lowest BCUT2D eigenvalue weighted by atomic mass is 9.92. The van der Waals surface area contributed by atoms with E-state index in [1.165, 1.54) is 11.3 Å². The summed E-state index contributed by atoms with van der Waals surface area (Å²) in [4.78, 5) is 11.8. The summed E-state index contributed by atoms with van der Waals surface area (Å²) in [7, 11) is 1.73. The molecule has 0 radical (unpaired) electrons. The van der Waals surface area contributed by atoms with E-state index in [-0.39, 0.29) is 11.9 Å². The predicted molar refractivity (Wildman–Crippen MR) is 65.2 cm³/mol. The number of anilines is 1. The van der Waals surface area contributed by atoms with Gasteiger partial charge in [-0.1, -0.05) is 24.2 Å². The van der Waals surface area contributed by atoms with Gasteiger partial charge in [-0.2, -0.15) is 0 Å². The van der Waals surface area contributed by atoms with Gasteiger partial charge in [0.15, 0.2) is 0 Å². The lowest BCUT2D eigenvalue weighted by molar-refractivity contribution is 0.0716. The van der Waals surface area contributed by atoms with Crippen molar-refractivity contribution in [3.8, 4) is 0 Å². The summed E-state index contributed by atoms with van der Waals surface area (Å²) in [5, 5.41) is 23.9. The van der Waals surface area contributed by atoms with Crippen LogP contribution in [0.15, 0.2) is 0 Å². The van der Waals surface area contributed by atoms with Crippen molar-refractivity contribution in [3.63, 3.8) is 0 Å². The number of rotatable bonds is 3. The fraction of sp³-hybridized carbons (Fsp3) is 0.700. The number of hydrogen-bond donors (Lipinski definition) is 3. The zero-order valence-corrected chi connectivity index (χ0v) is 10.5. The fourth-order valence-corrected chi connectivity index (χ4v) is 2.53. The number of aromatic nitrogens is 2. The van der Waals surface area contributed by atoms with E-state index >= 15 is 0 Å². The minimum atomic E-state index is -0.440. The molecule has 2 unspecified atom stereocenters. The van der Waals surface area contributed by atoms with Crippen LogP contribution < -0.4 is 10.6 Å². The van der Waals surface area contributed by atoms with Crippen molar-refractivity contribution in [1.82, 2.24) is 15.5 Å². The second-order valence-corrected chi connectivity index (χ2v) is 5.07. The van der Waals surface area contributed by atoms with Gasteiger partial charge in [0.25, 0.3) is 5.91 Å². The average molecular weight is 256 g/mol. The molecule has 1 aliphatic carbocycles. The quantitative estimate of drug-likeness (QED) is 0.737. The van der Waals surface area contributed by atoms with E-state index in [1.807, 2.05) is 0 Å². The summed E-state index contributed by atoms with van der Waals surface area (Å²) in [6.45, 7) is 0. The standard InChI is InChI=1S/C10H16N4O2S/c1-11-10-14-13-9(17-10)8(16)12-6-4-2-3-5-7(6)15/h6-7,15H,2-5H2,1H3,(H,11,14)(H,12,16). The molecule has 6 nitrogen and oxygen atoms in total. The first-order valence-corrected chi connectivity index (χ1v) is 6.52. The first kappa shape index (κ1) is 12.3. The number of nitrogens with one attached hydrogen (secondary N) is 2. The number of amides is 1. The van der Waals surface area contributed by atoms with E-state index in [4.69, 9.17) is 0 Å². The molecule has 94 valence electrons. The second kappa shape index (κ2) is 5.42. The van der Waals surface area contributed by atoms with Crippen LogP contribution in [-0.2, 0) is 0 Å². The summed E-state index contributed by atoms with van der Waals surface area (Å²) in [6.07, 6.45) is 3.20. The van der Waals surface area contributed by atoms with Crippen molar-refractivity contribution < 1.29 is 9.90 Å². The first-order chi connectivity index (χ1) is 8.20. The van der Waals surface area contributed by atoms with Gasteiger partial charge in [-0.3, -0.25) is 4.79 Å². The van der Waals surface area contributed by atoms with Crippen LogP contribution in [0.5, 0.6) is 0 Å². The molecule has 17 heavy (non-hydrogen) atoms. The Labute approximate surface area is 103 Å². The second-order valence-electron chi connectivity index (χ2n) is 4.09. The van der Waals surface area contributed by atoms with Crippen LogP contribution in [0, 0.1) is 0 Å². The third-order valence-corrected chi connectivity index (χ3v) is 3.82. The van der Waals surface area contributed by atoms with Crippen LogP contribution in [0.4, 0.5) is 5.13 Å². The third kappa shape index (κ3) is 2.92. The minimum Gasteiger partial charge on any atom is -0.391 e. The topological polar surface area (TPSA) is 87.1 Å². The van der Waals surface area contributed by atoms with Gasteiger partial charge in [-0.25, -0.2) is 0 Å². The number of aliphatic hydroxyl groups is 1. The molecule has 0 bridgehead atoms. The predicted octanol–water partition coefficient (Wildman–Crippen LogP) is 0.613. The maximum Gasteiger partial charge on any atom is 0.282 e. The number of hydrogen-bond acceptors (Lipinski definition) is 6. The maximum atomic E-state index is 11.8. The molecule has 1 aromatic rings. The van der Waals surface area contributed by atoms with Gasteiger partial charge in [-0.05, 0) is 12.8 Å². The molecule has 0 aromatic carbocycles. The first-order valence-electron chi connectivity index (χ1n) is 5.71. The molecular formula is C10H16N4O2S. The van der Waals surface area contributed by atoms with Crippen LogP contribution in [0.1, 0.15) is 35.5 Å². The highest BCUT2D eigenvalue weighted by Gasteiger charge is 2.25. The maximum absolute atomic E-state index is 11.8. The third-order valence-electron chi connectivity index (χ3n) is 2.88. The summed E-state index contributed by atoms with van der Waals surface area (Å²) < 4.78 is 0. The molecule has 2 rings (SSSR count). The molecule has 3 N–H and O–H groups in total. The number of carbonyl (C=O) groups excluding carboxylic acids is 1. The molecule has 0 saturated heterocycles. The van der Waals surface area contributed by atoms with Gasteiger partial charge in [0, 0.05) is 7.05 Å². The fourth-order valence-electron chi connectivity index (χ4n) is 1.93. The van der Waals surface area contributed by atoms with Crippen molar-refractivity contribution in [2.75, 3.05) is 12.4 Å². The van der Waals surface area contributed by atoms with E-state index in [1.54, 1.807) is 7.05 Å². The highest BCUT2D eigenvalue weighted by molar-refractivity contribution is 7.17. The Morgan fingerprint density at radius 1 is 1.41 bits per heavy atom. The molecule has 0 aliphatic heterocycles. The highest BCUT2D eigenvalue weighted by atomic mass is 32.1. The zero-order chi connectivity index (χ0) is 12.3. The molecule has 7 heteroatoms. The Hall–Kier alpha value is -1.21. The van der Waals surface area contributed by atoms with E-state index < -0.39 is 6.10 Å². The Morgan fingerprint density at radius 2 is 2.18 bits per heavy atom. The molecule has 1 aliphatic rings. The lowest BCUT2D eigenvalue weighted by Crippen LogP contribution is -2.45. The van der Waals surface area contributed by atoms with Gasteiger partial charge in [-0.15, -0.1) is 10.2 Å². The van der Waals surface area contributed by atoms with E-state index in [2.05, 4.69) is 20.8 Å². The molecule has 1 fully saturated rings. The normalized spacial score (nSPS) is 24.4. The van der Waals surface area contributed by atoms with Gasteiger partial charge in [0.05, 0.1) is 12.1 Å². The van der Waals surface area contributed by atoms with Gasteiger partial charge < -0.3 is 15.7 Å². The SMILES string of the molecule is CNc1nnc(C(=O)NC2CCCCC2O)s1. The van der Waals surface area contributed by atoms with Crippen molar-refractivity contribution in [1.29, 1.82) is 0 Å². The Bertz CT molecular complexity index is 395. The summed E-state index contributed by atoms with van der Waals surface area (Å²) in [5.41, 5.74) is 0. The van der Waals surface area contributed by atoms with Gasteiger partial charge in [0.1, 0.15) is 0 Å². The van der Waals surface area contributed by atoms with Gasteiger partial charge >= 0.3 is 0 Å². The smallest absolute Gasteiger partial charge is 0.282 e. The molecule has 2 atom stereocenters. The van der Waals surface area contributed by atoms with Crippen molar-refractivity contribution in [2.24, 2.45) is 0 Å². The van der Waals surface area contributed by atoms with Crippen LogP contribution in [0.2, 0.25) is 0 Å². The van der Waals surface area contributed by atoms with Crippen molar-refractivity contribution >= 4 is 22.4 Å². The zero-order valence-electron chi connectivity index (χ0n) is 9.64. The molecule has 1 heterocycles. The van der Waals surface area contributed by atoms with Crippen LogP contribution in [0.3, 0.4) is 0 Å². The van der Waals surface area contributed by atoms with E-state index in [9.17, 15) is 9.90 Å². The summed E-state index contributed by atoms with van der Waals surface area (Å²) in [5.74, 6) is -0.255. The number of carbonyl (C=O) groups is 1. The molecule has 0 spiro atoms. The van der Waals surface area contributed by atoms with Gasteiger partial charge in [0.2, 0.25) is 10.1 Å². The molecular weight excluding hydrogens is 240 g/mol. The monoisotopic (exact) mass is 256 g/mol. The van der Waals surface area contributed by atoms with E-state index in [0.717, 1.165) is 25.7 Å².